The predicted molar refractivity (Wildman–Crippen MR) is 80.2 cm³/mol. The van der Waals surface area contributed by atoms with Crippen molar-refractivity contribution in [3.8, 4) is 5.75 Å². The molecule has 0 radical (unpaired) electrons. The monoisotopic (exact) mass is 360 g/mol. The van der Waals surface area contributed by atoms with Gasteiger partial charge >= 0.3 is 0 Å². The molecule has 2 aliphatic rings. The maximum absolute atomic E-state index is 14.4. The molecule has 2 fully saturated rings. The minimum absolute atomic E-state index is 0.119. The number of halogens is 3. The molecule has 0 spiro atoms. The highest BCUT2D eigenvalue weighted by atomic mass is 79.9. The van der Waals surface area contributed by atoms with Crippen molar-refractivity contribution in [3.63, 3.8) is 0 Å². The Labute approximate surface area is 131 Å². The first-order chi connectivity index (χ1) is 10.1. The summed E-state index contributed by atoms with van der Waals surface area (Å²) in [6.45, 7) is 3.24. The molecule has 1 saturated heterocycles. The molecule has 2 N–H and O–H groups in total. The first kappa shape index (κ1) is 15.2. The van der Waals surface area contributed by atoms with Gasteiger partial charge in [0.05, 0.1) is 10.0 Å². The van der Waals surface area contributed by atoms with Gasteiger partial charge in [0, 0.05) is 32.2 Å². The Bertz CT molecular complexity index is 505. The van der Waals surface area contributed by atoms with E-state index in [1.54, 1.807) is 0 Å². The second kappa shape index (κ2) is 6.18. The highest BCUT2D eigenvalue weighted by molar-refractivity contribution is 9.10. The van der Waals surface area contributed by atoms with Gasteiger partial charge in [0.25, 0.3) is 0 Å². The van der Waals surface area contributed by atoms with Crippen molar-refractivity contribution in [2.45, 2.75) is 25.3 Å². The van der Waals surface area contributed by atoms with Crippen LogP contribution in [0.3, 0.4) is 0 Å². The first-order valence-corrected chi connectivity index (χ1v) is 8.20. The van der Waals surface area contributed by atoms with E-state index in [2.05, 4.69) is 26.1 Å². The first-order valence-electron chi connectivity index (χ1n) is 7.40. The topological polar surface area (TPSA) is 35.5 Å². The Hall–Kier alpha value is -0.720. The lowest BCUT2D eigenvalue weighted by Crippen LogP contribution is -2.48. The number of hydrogen-bond donors (Lipinski definition) is 2. The fraction of sp³-hybridized carbons (Fsp3) is 0.600. The van der Waals surface area contributed by atoms with Crippen LogP contribution in [0.2, 0.25) is 0 Å². The number of benzene rings is 1. The summed E-state index contributed by atoms with van der Waals surface area (Å²) in [7, 11) is 0. The second-order valence-electron chi connectivity index (χ2n) is 5.84. The van der Waals surface area contributed by atoms with Crippen molar-refractivity contribution < 1.29 is 13.9 Å². The fourth-order valence-corrected chi connectivity index (χ4v) is 3.72. The lowest BCUT2D eigenvalue weighted by Gasteiger charge is -2.43. The molecule has 0 bridgehead atoms. The molecule has 21 heavy (non-hydrogen) atoms. The summed E-state index contributed by atoms with van der Waals surface area (Å²) in [4.78, 5) is 2.17. The predicted octanol–water partition coefficient (Wildman–Crippen LogP) is 3.18. The van der Waals surface area contributed by atoms with Crippen LogP contribution in [-0.4, -0.2) is 36.2 Å². The standard InChI is InChI=1S/C15H19BrF2N2O/c16-10-8-11(17)13(18)12(15(10)21)14(9-2-1-3-9)20-6-4-19-5-7-20/h8-9,14,19,21H,1-7H2/t14-/m0/s1. The van der Waals surface area contributed by atoms with E-state index in [0.717, 1.165) is 51.5 Å². The van der Waals surface area contributed by atoms with Crippen molar-refractivity contribution in [2.75, 3.05) is 26.2 Å². The van der Waals surface area contributed by atoms with Crippen LogP contribution in [0.1, 0.15) is 30.9 Å². The SMILES string of the molecule is Oc1c(Br)cc(F)c(F)c1[C@H](C1CCC1)N1CCNCC1. The molecular formula is C15H19BrF2N2O. The summed E-state index contributed by atoms with van der Waals surface area (Å²) in [6.07, 6.45) is 3.12. The average Bonchev–Trinajstić information content (AvgIpc) is 2.43. The quantitative estimate of drug-likeness (QED) is 0.812. The summed E-state index contributed by atoms with van der Waals surface area (Å²) in [6, 6.07) is 0.747. The van der Waals surface area contributed by atoms with Crippen LogP contribution in [0.15, 0.2) is 10.5 Å². The van der Waals surface area contributed by atoms with E-state index in [1.165, 1.54) is 0 Å². The molecule has 0 aromatic heterocycles. The van der Waals surface area contributed by atoms with Gasteiger partial charge in [0.15, 0.2) is 11.6 Å². The van der Waals surface area contributed by atoms with E-state index in [0.29, 0.717) is 0 Å². The van der Waals surface area contributed by atoms with E-state index >= 15 is 0 Å². The zero-order valence-electron chi connectivity index (χ0n) is 11.7. The van der Waals surface area contributed by atoms with Crippen LogP contribution in [-0.2, 0) is 0 Å². The van der Waals surface area contributed by atoms with Crippen LogP contribution in [0.5, 0.6) is 5.75 Å². The third-order valence-corrected chi connectivity index (χ3v) is 5.22. The third-order valence-electron chi connectivity index (χ3n) is 4.62. The molecule has 1 aromatic carbocycles. The number of piperazine rings is 1. The molecule has 3 nitrogen and oxygen atoms in total. The normalized spacial score (nSPS) is 22.0. The molecule has 0 amide bonds. The minimum atomic E-state index is -0.911. The van der Waals surface area contributed by atoms with E-state index < -0.39 is 11.6 Å². The Balaban J connectivity index is 2.03. The van der Waals surface area contributed by atoms with E-state index in [-0.39, 0.29) is 27.7 Å². The lowest BCUT2D eigenvalue weighted by atomic mass is 9.76. The zero-order chi connectivity index (χ0) is 15.0. The molecular weight excluding hydrogens is 342 g/mol. The van der Waals surface area contributed by atoms with Gasteiger partial charge in [0.1, 0.15) is 5.75 Å². The maximum atomic E-state index is 14.4. The van der Waals surface area contributed by atoms with Gasteiger partial charge in [-0.3, -0.25) is 4.90 Å². The second-order valence-corrected chi connectivity index (χ2v) is 6.69. The van der Waals surface area contributed by atoms with Crippen LogP contribution >= 0.6 is 15.9 Å². The maximum Gasteiger partial charge on any atom is 0.167 e. The van der Waals surface area contributed by atoms with Gasteiger partial charge in [-0.2, -0.15) is 0 Å². The summed E-state index contributed by atoms with van der Waals surface area (Å²) >= 11 is 3.12. The Morgan fingerprint density at radius 2 is 1.95 bits per heavy atom. The van der Waals surface area contributed by atoms with Crippen molar-refractivity contribution in [1.29, 1.82) is 0 Å². The van der Waals surface area contributed by atoms with Gasteiger partial charge in [-0.15, -0.1) is 0 Å². The molecule has 1 aliphatic carbocycles. The molecule has 116 valence electrons. The molecule has 1 aliphatic heterocycles. The summed E-state index contributed by atoms with van der Waals surface area (Å²) in [5.41, 5.74) is 0.119. The number of aromatic hydroxyl groups is 1. The van der Waals surface area contributed by atoms with Crippen molar-refractivity contribution >= 4 is 15.9 Å². The highest BCUT2D eigenvalue weighted by Crippen LogP contribution is 2.47. The molecule has 1 atom stereocenters. The lowest BCUT2D eigenvalue weighted by molar-refractivity contribution is 0.0786. The smallest absolute Gasteiger partial charge is 0.167 e. The molecule has 6 heteroatoms. The average molecular weight is 361 g/mol. The Morgan fingerprint density at radius 3 is 2.52 bits per heavy atom. The number of nitrogens with zero attached hydrogens (tertiary/aromatic N) is 1. The number of rotatable bonds is 3. The van der Waals surface area contributed by atoms with Gasteiger partial charge in [-0.05, 0) is 40.8 Å². The van der Waals surface area contributed by atoms with Gasteiger partial charge in [-0.25, -0.2) is 8.78 Å². The fourth-order valence-electron chi connectivity index (χ4n) is 3.31. The van der Waals surface area contributed by atoms with E-state index in [4.69, 9.17) is 0 Å². The highest BCUT2D eigenvalue weighted by Gasteiger charge is 2.38. The molecule has 0 unspecified atom stereocenters. The van der Waals surface area contributed by atoms with Crippen molar-refractivity contribution in [3.05, 3.63) is 27.7 Å². The van der Waals surface area contributed by atoms with Crippen molar-refractivity contribution in [2.24, 2.45) is 5.92 Å². The minimum Gasteiger partial charge on any atom is -0.506 e. The third kappa shape index (κ3) is 2.81. The van der Waals surface area contributed by atoms with E-state index in [1.807, 2.05) is 0 Å². The zero-order valence-corrected chi connectivity index (χ0v) is 13.3. The largest absolute Gasteiger partial charge is 0.506 e. The molecule has 1 aromatic rings. The number of phenols is 1. The Morgan fingerprint density at radius 1 is 1.29 bits per heavy atom. The number of hydrogen-bond acceptors (Lipinski definition) is 3. The van der Waals surface area contributed by atoms with Crippen LogP contribution < -0.4 is 5.32 Å². The van der Waals surface area contributed by atoms with Crippen LogP contribution in [0.4, 0.5) is 8.78 Å². The molecule has 1 saturated carbocycles. The van der Waals surface area contributed by atoms with Gasteiger partial charge in [0.2, 0.25) is 0 Å². The molecule has 1 heterocycles. The van der Waals surface area contributed by atoms with Gasteiger partial charge < -0.3 is 10.4 Å². The molecule has 3 rings (SSSR count). The van der Waals surface area contributed by atoms with Gasteiger partial charge in [-0.1, -0.05) is 6.42 Å². The summed E-state index contributed by atoms with van der Waals surface area (Å²) in [5.74, 6) is -1.69. The van der Waals surface area contributed by atoms with Crippen molar-refractivity contribution in [1.82, 2.24) is 10.2 Å². The Kier molecular flexibility index (Phi) is 4.47. The number of phenolic OH excluding ortho intramolecular Hbond substituents is 1. The summed E-state index contributed by atoms with van der Waals surface area (Å²) < 4.78 is 28.4. The summed E-state index contributed by atoms with van der Waals surface area (Å²) in [5, 5.41) is 13.5. The van der Waals surface area contributed by atoms with Crippen LogP contribution in [0, 0.1) is 17.6 Å². The van der Waals surface area contributed by atoms with E-state index in [9.17, 15) is 13.9 Å². The number of nitrogens with one attached hydrogen (secondary N) is 1. The van der Waals surface area contributed by atoms with Crippen LogP contribution in [0.25, 0.3) is 0 Å².